The average molecular weight is 310 g/mol. The number of rotatable bonds is 3. The van der Waals surface area contributed by atoms with E-state index in [0.29, 0.717) is 0 Å². The standard InChI is InChI=1S/C14H20BrN3/c1-9(2)11-5-6-18(8-11)13-4-3-10(14(16)17)7-12(13)15/h3-4,7,9,11H,5-6,8H2,1-2H3,(H3,16,17). The zero-order chi connectivity index (χ0) is 13.3. The molecule has 1 aliphatic rings. The normalized spacial score (nSPS) is 19.6. The van der Waals surface area contributed by atoms with E-state index >= 15 is 0 Å². The SMILES string of the molecule is CC(C)C1CCN(c2ccc(C(=N)N)cc2Br)C1. The number of nitrogens with one attached hydrogen (secondary N) is 1. The lowest BCUT2D eigenvalue weighted by Crippen LogP contribution is -2.22. The molecule has 1 fully saturated rings. The molecule has 0 spiro atoms. The topological polar surface area (TPSA) is 53.1 Å². The summed E-state index contributed by atoms with van der Waals surface area (Å²) in [7, 11) is 0. The van der Waals surface area contributed by atoms with Crippen molar-refractivity contribution in [1.29, 1.82) is 5.41 Å². The molecule has 1 aliphatic heterocycles. The first-order valence-electron chi connectivity index (χ1n) is 6.38. The summed E-state index contributed by atoms with van der Waals surface area (Å²) < 4.78 is 1.03. The van der Waals surface area contributed by atoms with Gasteiger partial charge in [0.25, 0.3) is 0 Å². The highest BCUT2D eigenvalue weighted by molar-refractivity contribution is 9.10. The van der Waals surface area contributed by atoms with Crippen LogP contribution in [0.1, 0.15) is 25.8 Å². The van der Waals surface area contributed by atoms with Crippen molar-refractivity contribution in [3.63, 3.8) is 0 Å². The Kier molecular flexibility index (Phi) is 3.95. The van der Waals surface area contributed by atoms with Crippen molar-refractivity contribution < 1.29 is 0 Å². The summed E-state index contributed by atoms with van der Waals surface area (Å²) in [5, 5.41) is 7.44. The average Bonchev–Trinajstić information content (AvgIpc) is 2.78. The van der Waals surface area contributed by atoms with Gasteiger partial charge in [0.2, 0.25) is 0 Å². The van der Waals surface area contributed by atoms with Gasteiger partial charge in [0.05, 0.1) is 5.69 Å². The molecule has 0 saturated carbocycles. The van der Waals surface area contributed by atoms with Crippen LogP contribution < -0.4 is 10.6 Å². The molecule has 4 heteroatoms. The highest BCUT2D eigenvalue weighted by Gasteiger charge is 2.26. The number of amidine groups is 1. The van der Waals surface area contributed by atoms with E-state index in [1.165, 1.54) is 12.1 Å². The Morgan fingerprint density at radius 2 is 2.22 bits per heavy atom. The molecule has 98 valence electrons. The smallest absolute Gasteiger partial charge is 0.122 e. The van der Waals surface area contributed by atoms with Gasteiger partial charge in [0, 0.05) is 23.1 Å². The first kappa shape index (κ1) is 13.4. The summed E-state index contributed by atoms with van der Waals surface area (Å²) >= 11 is 3.59. The Morgan fingerprint density at radius 1 is 1.50 bits per heavy atom. The second-order valence-electron chi connectivity index (χ2n) is 5.32. The minimum Gasteiger partial charge on any atom is -0.384 e. The van der Waals surface area contributed by atoms with Crippen LogP contribution in [0.25, 0.3) is 0 Å². The van der Waals surface area contributed by atoms with Crippen molar-refractivity contribution in [3.05, 3.63) is 28.2 Å². The molecule has 18 heavy (non-hydrogen) atoms. The molecule has 1 saturated heterocycles. The van der Waals surface area contributed by atoms with Gasteiger partial charge in [-0.1, -0.05) is 13.8 Å². The Morgan fingerprint density at radius 3 is 2.72 bits per heavy atom. The fourth-order valence-electron chi connectivity index (χ4n) is 2.48. The summed E-state index contributed by atoms with van der Waals surface area (Å²) in [5.41, 5.74) is 7.48. The molecule has 1 heterocycles. The largest absolute Gasteiger partial charge is 0.384 e. The van der Waals surface area contributed by atoms with Gasteiger partial charge in [0.1, 0.15) is 5.84 Å². The third-order valence-electron chi connectivity index (χ3n) is 3.77. The van der Waals surface area contributed by atoms with Crippen LogP contribution in [0, 0.1) is 17.2 Å². The molecule has 1 aromatic carbocycles. The summed E-state index contributed by atoms with van der Waals surface area (Å²) in [6.07, 6.45) is 1.26. The Labute approximate surface area is 117 Å². The number of halogens is 1. The van der Waals surface area contributed by atoms with Crippen molar-refractivity contribution >= 4 is 27.5 Å². The maximum Gasteiger partial charge on any atom is 0.122 e. The second-order valence-corrected chi connectivity index (χ2v) is 6.17. The first-order valence-corrected chi connectivity index (χ1v) is 7.17. The molecule has 3 nitrogen and oxygen atoms in total. The molecular weight excluding hydrogens is 290 g/mol. The monoisotopic (exact) mass is 309 g/mol. The third kappa shape index (κ3) is 2.69. The summed E-state index contributed by atoms with van der Waals surface area (Å²) in [5.74, 6) is 1.64. The van der Waals surface area contributed by atoms with Gasteiger partial charge < -0.3 is 10.6 Å². The molecule has 1 aromatic rings. The van der Waals surface area contributed by atoms with Gasteiger partial charge in [-0.15, -0.1) is 0 Å². The van der Waals surface area contributed by atoms with Crippen molar-refractivity contribution in [2.24, 2.45) is 17.6 Å². The van der Waals surface area contributed by atoms with Crippen LogP contribution in [0.4, 0.5) is 5.69 Å². The lowest BCUT2D eigenvalue weighted by Gasteiger charge is -2.21. The second kappa shape index (κ2) is 5.31. The number of benzene rings is 1. The van der Waals surface area contributed by atoms with E-state index < -0.39 is 0 Å². The molecule has 0 radical (unpaired) electrons. The van der Waals surface area contributed by atoms with Gasteiger partial charge >= 0.3 is 0 Å². The van der Waals surface area contributed by atoms with E-state index in [9.17, 15) is 0 Å². The fourth-order valence-corrected chi connectivity index (χ4v) is 3.11. The lowest BCUT2D eigenvalue weighted by atomic mass is 9.95. The van der Waals surface area contributed by atoms with Gasteiger partial charge in [0.15, 0.2) is 0 Å². The van der Waals surface area contributed by atoms with Crippen LogP contribution in [0.5, 0.6) is 0 Å². The Balaban J connectivity index is 2.18. The number of nitrogen functional groups attached to an aromatic ring is 1. The van der Waals surface area contributed by atoms with E-state index in [1.54, 1.807) is 0 Å². The maximum absolute atomic E-state index is 7.44. The van der Waals surface area contributed by atoms with Crippen molar-refractivity contribution in [2.75, 3.05) is 18.0 Å². The zero-order valence-corrected chi connectivity index (χ0v) is 12.5. The van der Waals surface area contributed by atoms with Crippen molar-refractivity contribution in [1.82, 2.24) is 0 Å². The minimum absolute atomic E-state index is 0.115. The van der Waals surface area contributed by atoms with E-state index in [0.717, 1.165) is 35.0 Å². The molecule has 0 amide bonds. The molecule has 3 N–H and O–H groups in total. The number of hydrogen-bond donors (Lipinski definition) is 2. The Bertz CT molecular complexity index is 456. The van der Waals surface area contributed by atoms with Gasteiger partial charge in [-0.2, -0.15) is 0 Å². The molecule has 0 aliphatic carbocycles. The molecule has 1 unspecified atom stereocenters. The quantitative estimate of drug-likeness (QED) is 0.665. The van der Waals surface area contributed by atoms with Crippen LogP contribution in [-0.4, -0.2) is 18.9 Å². The first-order chi connectivity index (χ1) is 8.49. The molecule has 0 bridgehead atoms. The van der Waals surface area contributed by atoms with Crippen LogP contribution in [0.15, 0.2) is 22.7 Å². The highest BCUT2D eigenvalue weighted by atomic mass is 79.9. The predicted molar refractivity (Wildman–Crippen MR) is 80.3 cm³/mol. The van der Waals surface area contributed by atoms with E-state index in [2.05, 4.69) is 40.7 Å². The minimum atomic E-state index is 0.115. The zero-order valence-electron chi connectivity index (χ0n) is 10.9. The van der Waals surface area contributed by atoms with Crippen LogP contribution in [0.3, 0.4) is 0 Å². The molecular formula is C14H20BrN3. The van der Waals surface area contributed by atoms with Crippen molar-refractivity contribution in [2.45, 2.75) is 20.3 Å². The number of nitrogens with zero attached hydrogens (tertiary/aromatic N) is 1. The fraction of sp³-hybridized carbons (Fsp3) is 0.500. The summed E-state index contributed by atoms with van der Waals surface area (Å²) in [4.78, 5) is 2.42. The highest BCUT2D eigenvalue weighted by Crippen LogP contribution is 2.33. The molecule has 0 aromatic heterocycles. The predicted octanol–water partition coefficient (Wildman–Crippen LogP) is 3.22. The molecule has 1 atom stereocenters. The van der Waals surface area contributed by atoms with E-state index in [-0.39, 0.29) is 5.84 Å². The number of anilines is 1. The van der Waals surface area contributed by atoms with E-state index in [4.69, 9.17) is 11.1 Å². The molecule has 2 rings (SSSR count). The van der Waals surface area contributed by atoms with Crippen LogP contribution in [0.2, 0.25) is 0 Å². The van der Waals surface area contributed by atoms with Gasteiger partial charge in [-0.25, -0.2) is 0 Å². The number of nitrogens with two attached hydrogens (primary N) is 1. The third-order valence-corrected chi connectivity index (χ3v) is 4.40. The maximum atomic E-state index is 7.44. The van der Waals surface area contributed by atoms with Crippen LogP contribution >= 0.6 is 15.9 Å². The van der Waals surface area contributed by atoms with E-state index in [1.807, 2.05) is 12.1 Å². The van der Waals surface area contributed by atoms with Crippen LogP contribution in [-0.2, 0) is 0 Å². The van der Waals surface area contributed by atoms with Crippen molar-refractivity contribution in [3.8, 4) is 0 Å². The van der Waals surface area contributed by atoms with Gasteiger partial charge in [-0.05, 0) is 52.4 Å². The summed E-state index contributed by atoms with van der Waals surface area (Å²) in [6, 6.07) is 5.91. The number of hydrogen-bond acceptors (Lipinski definition) is 2. The van der Waals surface area contributed by atoms with Gasteiger partial charge in [-0.3, -0.25) is 5.41 Å². The lowest BCUT2D eigenvalue weighted by molar-refractivity contribution is 0.423. The summed E-state index contributed by atoms with van der Waals surface area (Å²) in [6.45, 7) is 6.82. The Hall–Kier alpha value is -1.03.